The first-order valence-electron chi connectivity index (χ1n) is 11.0. The number of amides is 1. The monoisotopic (exact) mass is 418 g/mol. The number of benzene rings is 1. The molecule has 1 fully saturated rings. The molecule has 0 aromatic heterocycles. The van der Waals surface area contributed by atoms with Gasteiger partial charge in [0.05, 0.1) is 13.2 Å². The standard InChI is InChI=1S/C23H38N4O3/c1-5-24-23(25-11-10-22(28)27-12-6-7-19(3)17-27)26-16-20-9-8-18(2)15-21(20)30-14-13-29-4/h8-9,15,19H,5-7,10-14,16-17H2,1-4H3,(H2,24,25,26). The van der Waals surface area contributed by atoms with Gasteiger partial charge >= 0.3 is 0 Å². The second-order valence-electron chi connectivity index (χ2n) is 7.91. The van der Waals surface area contributed by atoms with E-state index < -0.39 is 0 Å². The van der Waals surface area contributed by atoms with Crippen LogP contribution in [0.15, 0.2) is 23.2 Å². The van der Waals surface area contributed by atoms with E-state index in [9.17, 15) is 4.79 Å². The maximum atomic E-state index is 12.5. The summed E-state index contributed by atoms with van der Waals surface area (Å²) < 4.78 is 10.9. The van der Waals surface area contributed by atoms with E-state index in [2.05, 4.69) is 28.6 Å². The van der Waals surface area contributed by atoms with Gasteiger partial charge in [0.25, 0.3) is 0 Å². The lowest BCUT2D eigenvalue weighted by Crippen LogP contribution is -2.42. The lowest BCUT2D eigenvalue weighted by atomic mass is 10.00. The van der Waals surface area contributed by atoms with Crippen LogP contribution in [0, 0.1) is 12.8 Å². The fourth-order valence-electron chi connectivity index (χ4n) is 3.53. The zero-order valence-corrected chi connectivity index (χ0v) is 19.0. The van der Waals surface area contributed by atoms with Crippen LogP contribution in [0.1, 0.15) is 44.2 Å². The number of methoxy groups -OCH3 is 1. The smallest absolute Gasteiger partial charge is 0.224 e. The molecule has 1 atom stereocenters. The quantitative estimate of drug-likeness (QED) is 0.347. The number of carbonyl (C=O) groups is 1. The molecule has 1 heterocycles. The number of aliphatic imine (C=N–C) groups is 1. The fourth-order valence-corrected chi connectivity index (χ4v) is 3.53. The van der Waals surface area contributed by atoms with Crippen molar-refractivity contribution >= 4 is 11.9 Å². The number of hydrogen-bond acceptors (Lipinski definition) is 4. The van der Waals surface area contributed by atoms with Gasteiger partial charge in [0.1, 0.15) is 12.4 Å². The van der Waals surface area contributed by atoms with Crippen molar-refractivity contribution in [1.82, 2.24) is 15.5 Å². The first kappa shape index (κ1) is 24.0. The summed E-state index contributed by atoms with van der Waals surface area (Å²) in [6.45, 7) is 10.9. The first-order valence-corrected chi connectivity index (χ1v) is 11.0. The Labute approximate surface area is 181 Å². The van der Waals surface area contributed by atoms with Crippen molar-refractivity contribution < 1.29 is 14.3 Å². The summed E-state index contributed by atoms with van der Waals surface area (Å²) in [6, 6.07) is 6.14. The van der Waals surface area contributed by atoms with Crippen LogP contribution in [0.2, 0.25) is 0 Å². The minimum atomic E-state index is 0.220. The molecule has 30 heavy (non-hydrogen) atoms. The van der Waals surface area contributed by atoms with Crippen molar-refractivity contribution in [2.45, 2.75) is 46.6 Å². The van der Waals surface area contributed by atoms with Crippen LogP contribution in [0.5, 0.6) is 5.75 Å². The lowest BCUT2D eigenvalue weighted by Gasteiger charge is -2.31. The van der Waals surface area contributed by atoms with E-state index in [1.807, 2.05) is 30.9 Å². The van der Waals surface area contributed by atoms with Crippen LogP contribution >= 0.6 is 0 Å². The number of hydrogen-bond donors (Lipinski definition) is 2. The van der Waals surface area contributed by atoms with Gasteiger partial charge in [-0.15, -0.1) is 0 Å². The molecular weight excluding hydrogens is 380 g/mol. The van der Waals surface area contributed by atoms with Gasteiger partial charge in [-0.3, -0.25) is 4.79 Å². The number of rotatable bonds is 10. The Morgan fingerprint density at radius 1 is 1.30 bits per heavy atom. The van der Waals surface area contributed by atoms with Gasteiger partial charge in [-0.2, -0.15) is 0 Å². The summed E-state index contributed by atoms with van der Waals surface area (Å²) in [5.41, 5.74) is 2.16. The molecule has 1 unspecified atom stereocenters. The number of nitrogens with zero attached hydrogens (tertiary/aromatic N) is 2. The van der Waals surface area contributed by atoms with E-state index in [1.165, 1.54) is 6.42 Å². The summed E-state index contributed by atoms with van der Waals surface area (Å²) in [7, 11) is 1.66. The zero-order chi connectivity index (χ0) is 21.8. The number of aryl methyl sites for hydroxylation is 1. The van der Waals surface area contributed by atoms with Gasteiger partial charge in [-0.25, -0.2) is 4.99 Å². The van der Waals surface area contributed by atoms with E-state index in [4.69, 9.17) is 9.47 Å². The molecular formula is C23H38N4O3. The third-order valence-corrected chi connectivity index (χ3v) is 5.16. The first-order chi connectivity index (χ1) is 14.5. The third-order valence-electron chi connectivity index (χ3n) is 5.16. The normalized spacial score (nSPS) is 17.0. The van der Waals surface area contributed by atoms with Gasteiger partial charge in [-0.1, -0.05) is 19.1 Å². The largest absolute Gasteiger partial charge is 0.491 e. The number of guanidine groups is 1. The highest BCUT2D eigenvalue weighted by Crippen LogP contribution is 2.21. The highest BCUT2D eigenvalue weighted by atomic mass is 16.5. The van der Waals surface area contributed by atoms with E-state index in [1.54, 1.807) is 7.11 Å². The molecule has 1 aliphatic rings. The maximum absolute atomic E-state index is 12.5. The molecule has 7 heteroatoms. The molecule has 0 bridgehead atoms. The van der Waals surface area contributed by atoms with Crippen molar-refractivity contribution in [3.05, 3.63) is 29.3 Å². The second-order valence-corrected chi connectivity index (χ2v) is 7.91. The van der Waals surface area contributed by atoms with Crippen molar-refractivity contribution in [2.24, 2.45) is 10.9 Å². The van der Waals surface area contributed by atoms with Crippen LogP contribution in [0.4, 0.5) is 0 Å². The Morgan fingerprint density at radius 3 is 2.87 bits per heavy atom. The molecule has 7 nitrogen and oxygen atoms in total. The molecule has 2 N–H and O–H groups in total. The molecule has 1 aliphatic heterocycles. The van der Waals surface area contributed by atoms with E-state index in [0.717, 1.165) is 42.9 Å². The zero-order valence-electron chi connectivity index (χ0n) is 19.0. The van der Waals surface area contributed by atoms with Crippen molar-refractivity contribution in [3.63, 3.8) is 0 Å². The number of carbonyl (C=O) groups excluding carboxylic acids is 1. The fraction of sp³-hybridized carbons (Fsp3) is 0.652. The molecule has 0 saturated carbocycles. The highest BCUT2D eigenvalue weighted by Gasteiger charge is 2.20. The Bertz CT molecular complexity index is 693. The average molecular weight is 419 g/mol. The minimum Gasteiger partial charge on any atom is -0.491 e. The van der Waals surface area contributed by atoms with Crippen LogP contribution in [-0.4, -0.2) is 63.3 Å². The molecule has 168 valence electrons. The Hall–Kier alpha value is -2.28. The molecule has 1 amide bonds. The van der Waals surface area contributed by atoms with Gasteiger partial charge in [0, 0.05) is 45.3 Å². The van der Waals surface area contributed by atoms with E-state index >= 15 is 0 Å². The van der Waals surface area contributed by atoms with Gasteiger partial charge in [0.15, 0.2) is 5.96 Å². The number of ether oxygens (including phenoxy) is 2. The number of piperidine rings is 1. The SMILES string of the molecule is CCNC(=NCc1ccc(C)cc1OCCOC)NCCC(=O)N1CCCC(C)C1. The van der Waals surface area contributed by atoms with Crippen molar-refractivity contribution in [1.29, 1.82) is 0 Å². The Morgan fingerprint density at radius 2 is 2.13 bits per heavy atom. The number of likely N-dealkylation sites (tertiary alicyclic amines) is 1. The molecule has 1 aromatic carbocycles. The third kappa shape index (κ3) is 8.22. The summed E-state index contributed by atoms with van der Waals surface area (Å²) in [5.74, 6) is 2.36. The summed E-state index contributed by atoms with van der Waals surface area (Å²) in [6.07, 6.45) is 2.80. The topological polar surface area (TPSA) is 75.2 Å². The van der Waals surface area contributed by atoms with E-state index in [0.29, 0.717) is 44.6 Å². The lowest BCUT2D eigenvalue weighted by molar-refractivity contribution is -0.132. The van der Waals surface area contributed by atoms with Crippen LogP contribution in [0.25, 0.3) is 0 Å². The summed E-state index contributed by atoms with van der Waals surface area (Å²) in [5, 5.41) is 6.54. The summed E-state index contributed by atoms with van der Waals surface area (Å²) in [4.78, 5) is 19.1. The van der Waals surface area contributed by atoms with Crippen LogP contribution < -0.4 is 15.4 Å². The molecule has 1 saturated heterocycles. The number of nitrogens with one attached hydrogen (secondary N) is 2. The molecule has 1 aromatic rings. The summed E-state index contributed by atoms with van der Waals surface area (Å²) >= 11 is 0. The Balaban J connectivity index is 1.90. The second kappa shape index (κ2) is 13.1. The maximum Gasteiger partial charge on any atom is 0.224 e. The van der Waals surface area contributed by atoms with E-state index in [-0.39, 0.29) is 5.91 Å². The molecule has 0 spiro atoms. The van der Waals surface area contributed by atoms with Crippen LogP contribution in [0.3, 0.4) is 0 Å². The molecule has 2 rings (SSSR count). The predicted molar refractivity (Wildman–Crippen MR) is 121 cm³/mol. The predicted octanol–water partition coefficient (Wildman–Crippen LogP) is 2.72. The molecule has 0 aliphatic carbocycles. The Kier molecular flexibility index (Phi) is 10.5. The molecule has 0 radical (unpaired) electrons. The van der Waals surface area contributed by atoms with Gasteiger partial charge < -0.3 is 25.0 Å². The van der Waals surface area contributed by atoms with Crippen LogP contribution in [-0.2, 0) is 16.1 Å². The van der Waals surface area contributed by atoms with Gasteiger partial charge in [0.2, 0.25) is 5.91 Å². The van der Waals surface area contributed by atoms with Crippen molar-refractivity contribution in [2.75, 3.05) is 46.5 Å². The minimum absolute atomic E-state index is 0.220. The average Bonchev–Trinajstić information content (AvgIpc) is 2.73. The van der Waals surface area contributed by atoms with Gasteiger partial charge in [-0.05, 0) is 44.2 Å². The highest BCUT2D eigenvalue weighted by molar-refractivity contribution is 5.81. The van der Waals surface area contributed by atoms with Crippen molar-refractivity contribution in [3.8, 4) is 5.75 Å².